The van der Waals surface area contributed by atoms with Gasteiger partial charge in [-0.15, -0.1) is 0 Å². The molecule has 4 amide bonds. The number of nitrogens with one attached hydrogen (secondary N) is 1. The van der Waals surface area contributed by atoms with Gasteiger partial charge in [-0.1, -0.05) is 31.4 Å². The number of rotatable bonds is 16. The molecule has 17 nitrogen and oxygen atoms in total. The number of aliphatic hydroxyl groups excluding tert-OH is 1. The molecule has 2 atom stereocenters. The molecule has 2 saturated carbocycles. The summed E-state index contributed by atoms with van der Waals surface area (Å²) < 4.78 is 56.6. The second kappa shape index (κ2) is 22.1. The number of nitrogen functional groups attached to an aromatic ring is 2. The predicted octanol–water partition coefficient (Wildman–Crippen LogP) is 8.21. The zero-order chi connectivity index (χ0) is 54.9. The van der Waals surface area contributed by atoms with E-state index in [4.69, 9.17) is 20.9 Å². The maximum Gasteiger partial charge on any atom is 0.258 e. The summed E-state index contributed by atoms with van der Waals surface area (Å²) in [6, 6.07) is 15.1. The van der Waals surface area contributed by atoms with Gasteiger partial charge in [0.25, 0.3) is 11.8 Å². The van der Waals surface area contributed by atoms with Gasteiger partial charge in [0.15, 0.2) is 23.1 Å². The molecule has 2 saturated heterocycles. The predicted molar refractivity (Wildman–Crippen MR) is 286 cm³/mol. The maximum absolute atomic E-state index is 15.2. The van der Waals surface area contributed by atoms with Crippen molar-refractivity contribution in [3.63, 3.8) is 0 Å². The third-order valence-electron chi connectivity index (χ3n) is 15.0. The number of hydrogen-bond donors (Lipinski definition) is 4. The lowest BCUT2D eigenvalue weighted by Crippen LogP contribution is -2.53. The summed E-state index contributed by atoms with van der Waals surface area (Å²) in [4.78, 5) is 71.9. The number of nitrogens with two attached hydrogens (primary N) is 2. The summed E-state index contributed by atoms with van der Waals surface area (Å²) in [7, 11) is 0. The fraction of sp³-hybridized carbons (Fsp3) is 0.310. The zero-order valence-electron chi connectivity index (χ0n) is 42.8. The Hall–Kier alpha value is -8.65. The average Bonchev–Trinajstić information content (AvgIpc) is 4.44. The molecule has 4 aromatic carbocycles. The Morgan fingerprint density at radius 2 is 1.27 bits per heavy atom. The maximum atomic E-state index is 15.2. The van der Waals surface area contributed by atoms with E-state index in [-0.39, 0.29) is 100 Å². The number of halogens is 3. The van der Waals surface area contributed by atoms with E-state index in [1.807, 2.05) is 12.1 Å². The number of aromatic nitrogens is 4. The number of amides is 4. The first-order chi connectivity index (χ1) is 37.6. The van der Waals surface area contributed by atoms with E-state index in [1.54, 1.807) is 22.8 Å². The molecule has 0 radical (unpaired) electrons. The minimum absolute atomic E-state index is 0.0371. The lowest BCUT2D eigenvalue weighted by atomic mass is 9.93. The first-order valence-corrected chi connectivity index (χ1v) is 25.8. The van der Waals surface area contributed by atoms with Gasteiger partial charge in [-0.3, -0.25) is 19.2 Å². The van der Waals surface area contributed by atoms with Gasteiger partial charge in [-0.25, -0.2) is 33.1 Å². The van der Waals surface area contributed by atoms with E-state index in [0.29, 0.717) is 60.1 Å². The van der Waals surface area contributed by atoms with Crippen molar-refractivity contribution in [1.29, 1.82) is 0 Å². The molecule has 11 rings (SSSR count). The highest BCUT2D eigenvalue weighted by Crippen LogP contribution is 2.44. The number of aliphatic hydroxyl groups is 1. The number of ether oxygens (including phenoxy) is 2. The SMILES string of the molecule is C=CC(=O)N1CCC1COc1c(N)ncnc1-c1cc(F)cc(N2CCc3cc(C4CC4)ccc3C2=O)c1CO.C=CC(=O)N1CCC1COc1c(N)ncnc1-c1cc(F)cc(NC(=O)c2ccc(C3CC3)cc2F)c1C. The van der Waals surface area contributed by atoms with E-state index in [2.05, 4.69) is 44.5 Å². The molecule has 2 aromatic heterocycles. The molecule has 3 aliphatic heterocycles. The number of hydrogen-bond acceptors (Lipinski definition) is 13. The fourth-order valence-corrected chi connectivity index (χ4v) is 10.1. The molecule has 5 heterocycles. The van der Waals surface area contributed by atoms with Gasteiger partial charge in [0.1, 0.15) is 54.7 Å². The largest absolute Gasteiger partial charge is 0.485 e. The van der Waals surface area contributed by atoms with Gasteiger partial charge >= 0.3 is 0 Å². The third kappa shape index (κ3) is 10.7. The van der Waals surface area contributed by atoms with Crippen molar-refractivity contribution in [2.24, 2.45) is 0 Å². The Labute approximate surface area is 447 Å². The van der Waals surface area contributed by atoms with E-state index >= 15 is 4.39 Å². The molecular formula is C58H57F3N10O7. The first-order valence-electron chi connectivity index (χ1n) is 25.8. The molecule has 402 valence electrons. The van der Waals surface area contributed by atoms with Gasteiger partial charge in [0.2, 0.25) is 11.8 Å². The van der Waals surface area contributed by atoms with Crippen LogP contribution in [-0.4, -0.2) is 103 Å². The lowest BCUT2D eigenvalue weighted by molar-refractivity contribution is -0.135. The summed E-state index contributed by atoms with van der Waals surface area (Å²) in [5.74, 6) is -1.92. The van der Waals surface area contributed by atoms with Crippen molar-refractivity contribution in [2.45, 2.75) is 82.4 Å². The van der Waals surface area contributed by atoms with Crippen LogP contribution in [0.25, 0.3) is 22.5 Å². The zero-order valence-corrected chi connectivity index (χ0v) is 42.8. The molecule has 2 unspecified atom stereocenters. The van der Waals surface area contributed by atoms with Crippen LogP contribution in [0.4, 0.5) is 36.2 Å². The first kappa shape index (κ1) is 52.8. The molecule has 5 aliphatic rings. The van der Waals surface area contributed by atoms with E-state index in [9.17, 15) is 33.1 Å². The molecule has 2 aliphatic carbocycles. The van der Waals surface area contributed by atoms with E-state index in [0.717, 1.165) is 42.9 Å². The Bertz CT molecular complexity index is 3410. The van der Waals surface area contributed by atoms with Crippen molar-refractivity contribution < 1.29 is 46.9 Å². The smallest absolute Gasteiger partial charge is 0.258 e. The van der Waals surface area contributed by atoms with Gasteiger partial charge in [0, 0.05) is 47.6 Å². The number of fused-ring (bicyclic) bond motifs is 1. The molecule has 0 bridgehead atoms. The van der Waals surface area contributed by atoms with Crippen molar-refractivity contribution in [3.8, 4) is 34.0 Å². The molecule has 0 spiro atoms. The van der Waals surface area contributed by atoms with Crippen molar-refractivity contribution in [1.82, 2.24) is 29.7 Å². The van der Waals surface area contributed by atoms with Crippen LogP contribution in [0.15, 0.2) is 98.6 Å². The van der Waals surface area contributed by atoms with Crippen LogP contribution in [0.1, 0.15) is 98.9 Å². The summed E-state index contributed by atoms with van der Waals surface area (Å²) in [6.45, 7) is 10.1. The Morgan fingerprint density at radius 1 is 0.718 bits per heavy atom. The van der Waals surface area contributed by atoms with E-state index < -0.39 is 30.0 Å². The number of benzene rings is 4. The Balaban J connectivity index is 0.000000177. The molecule has 20 heteroatoms. The second-order valence-electron chi connectivity index (χ2n) is 20.0. The summed E-state index contributed by atoms with van der Waals surface area (Å²) >= 11 is 0. The number of nitrogens with zero attached hydrogens (tertiary/aromatic N) is 7. The second-order valence-corrected chi connectivity index (χ2v) is 20.0. The van der Waals surface area contributed by atoms with Crippen LogP contribution >= 0.6 is 0 Å². The summed E-state index contributed by atoms with van der Waals surface area (Å²) in [5.41, 5.74) is 18.0. The van der Waals surface area contributed by atoms with Gasteiger partial charge in [-0.2, -0.15) is 0 Å². The standard InChI is InChI=1S/C30H30FN5O4.C28H27F2N5O3/c1-2-26(38)35-10-8-21(35)15-40-28-27(33-16-34-29(28)32)23-12-20(31)13-25(24(23)14-37)36-9-7-19-11-18(17-3-4-17)5-6-22(19)30(36)39;1-3-24(36)35-9-8-19(35)13-38-26-25(32-14-33-27(26)31)21-11-18(29)12-23(15(21)2)34-28(37)20-7-6-17(10-22(20)30)16-4-5-16/h2,5-6,11-13,16-17,21,37H,1,3-4,7-10,14-15H2,(H2,32,33,34);3,6-7,10-12,14,16,19H,1,4-5,8-9,13H2,2H3,(H,34,37)(H2,31,32,33). The van der Waals surface area contributed by atoms with Crippen LogP contribution in [-0.2, 0) is 22.6 Å². The van der Waals surface area contributed by atoms with Gasteiger partial charge in [0.05, 0.1) is 29.9 Å². The highest BCUT2D eigenvalue weighted by atomic mass is 19.1. The van der Waals surface area contributed by atoms with Gasteiger partial charge in [-0.05, 0) is 141 Å². The number of carbonyl (C=O) groups excluding carboxylic acids is 4. The molecule has 6 N–H and O–H groups in total. The monoisotopic (exact) mass is 1060 g/mol. The van der Waals surface area contributed by atoms with Crippen LogP contribution in [0.3, 0.4) is 0 Å². The topological polar surface area (TPSA) is 232 Å². The van der Waals surface area contributed by atoms with E-state index in [1.165, 1.54) is 78.4 Å². The van der Waals surface area contributed by atoms with Crippen LogP contribution in [0.2, 0.25) is 0 Å². The fourth-order valence-electron chi connectivity index (χ4n) is 10.1. The van der Waals surface area contributed by atoms with Crippen molar-refractivity contribution >= 4 is 46.6 Å². The third-order valence-corrected chi connectivity index (χ3v) is 15.0. The number of anilines is 4. The Morgan fingerprint density at radius 3 is 1.81 bits per heavy atom. The molecule has 78 heavy (non-hydrogen) atoms. The normalized spacial score (nSPS) is 17.4. The molecule has 4 fully saturated rings. The van der Waals surface area contributed by atoms with Crippen LogP contribution in [0, 0.1) is 24.4 Å². The summed E-state index contributed by atoms with van der Waals surface area (Å²) in [5, 5.41) is 13.1. The lowest BCUT2D eigenvalue weighted by Gasteiger charge is -2.40. The van der Waals surface area contributed by atoms with Crippen LogP contribution in [0.5, 0.6) is 11.5 Å². The Kier molecular flexibility index (Phi) is 15.0. The van der Waals surface area contributed by atoms with Crippen LogP contribution < -0.4 is 31.2 Å². The highest BCUT2D eigenvalue weighted by molar-refractivity contribution is 6.09. The van der Waals surface area contributed by atoms with Crippen molar-refractivity contribution in [3.05, 3.63) is 155 Å². The van der Waals surface area contributed by atoms with Crippen molar-refractivity contribution in [2.75, 3.05) is 54.5 Å². The number of likely N-dealkylation sites (tertiary alicyclic amines) is 2. The summed E-state index contributed by atoms with van der Waals surface area (Å²) in [6.07, 6.45) is 11.5. The minimum Gasteiger partial charge on any atom is -0.485 e. The molecule has 6 aromatic rings. The van der Waals surface area contributed by atoms with Gasteiger partial charge < -0.3 is 46.1 Å². The highest BCUT2D eigenvalue weighted by Gasteiger charge is 2.35. The average molecular weight is 1060 g/mol. The minimum atomic E-state index is -0.694. The molecular weight excluding hydrogens is 1010 g/mol. The number of carbonyl (C=O) groups is 4. The quantitative estimate of drug-likeness (QED) is 0.0670.